The molecule has 0 unspecified atom stereocenters. The number of hydrogen-bond donors (Lipinski definition) is 0. The van der Waals surface area contributed by atoms with Crippen molar-refractivity contribution in [1.82, 2.24) is 14.3 Å². The Morgan fingerprint density at radius 3 is 2.54 bits per heavy atom. The van der Waals surface area contributed by atoms with Crippen LogP contribution in [-0.2, 0) is 11.0 Å². The number of amides is 2. The highest BCUT2D eigenvalue weighted by atomic mass is 35.5. The van der Waals surface area contributed by atoms with Gasteiger partial charge in [0.25, 0.3) is 5.91 Å². The Labute approximate surface area is 201 Å². The van der Waals surface area contributed by atoms with Gasteiger partial charge in [-0.1, -0.05) is 11.6 Å². The minimum atomic E-state index is -4.69. The lowest BCUT2D eigenvalue weighted by molar-refractivity contribution is -0.136. The van der Waals surface area contributed by atoms with E-state index in [-0.39, 0.29) is 41.3 Å². The highest BCUT2D eigenvalue weighted by molar-refractivity contribution is 6.33. The number of nitrogens with zero attached hydrogens (tertiary/aromatic N) is 4. The van der Waals surface area contributed by atoms with E-state index >= 15 is 0 Å². The quantitative estimate of drug-likeness (QED) is 0.484. The molecule has 35 heavy (non-hydrogen) atoms. The van der Waals surface area contributed by atoms with Crippen LogP contribution < -0.4 is 9.64 Å². The summed E-state index contributed by atoms with van der Waals surface area (Å²) in [6, 6.07) is 5.10. The minimum Gasteiger partial charge on any atom is -0.497 e. The number of ether oxygens (including phenoxy) is 1. The molecule has 1 aromatic carbocycles. The van der Waals surface area contributed by atoms with E-state index < -0.39 is 41.6 Å². The van der Waals surface area contributed by atoms with E-state index in [1.165, 1.54) is 30.3 Å². The number of benzene rings is 1. The molecule has 0 bridgehead atoms. The lowest BCUT2D eigenvalue weighted by atomic mass is 10.1. The average molecular weight is 511 g/mol. The van der Waals surface area contributed by atoms with Gasteiger partial charge in [-0.05, 0) is 42.5 Å². The third kappa shape index (κ3) is 4.18. The molecule has 2 aliphatic rings. The summed E-state index contributed by atoms with van der Waals surface area (Å²) in [5.74, 6) is -1.69. The maximum atomic E-state index is 14.4. The van der Waals surface area contributed by atoms with Gasteiger partial charge in [-0.25, -0.2) is 9.37 Å². The Bertz CT molecular complexity index is 1350. The molecule has 7 nitrogen and oxygen atoms in total. The zero-order valence-electron chi connectivity index (χ0n) is 18.4. The topological polar surface area (TPSA) is 67.2 Å². The van der Waals surface area contributed by atoms with Crippen LogP contribution in [0.2, 0.25) is 5.15 Å². The molecule has 12 heteroatoms. The molecule has 1 saturated heterocycles. The van der Waals surface area contributed by atoms with Gasteiger partial charge in [0.1, 0.15) is 17.4 Å². The molecule has 1 aliphatic carbocycles. The Morgan fingerprint density at radius 1 is 1.20 bits per heavy atom. The third-order valence-electron chi connectivity index (χ3n) is 6.19. The van der Waals surface area contributed by atoms with Crippen LogP contribution in [0.4, 0.5) is 23.2 Å². The molecule has 3 heterocycles. The Balaban J connectivity index is 1.43. The van der Waals surface area contributed by atoms with Crippen molar-refractivity contribution >= 4 is 34.7 Å². The van der Waals surface area contributed by atoms with Crippen molar-refractivity contribution in [3.05, 3.63) is 58.3 Å². The van der Waals surface area contributed by atoms with Gasteiger partial charge < -0.3 is 14.5 Å². The van der Waals surface area contributed by atoms with Gasteiger partial charge in [-0.3, -0.25) is 14.0 Å². The van der Waals surface area contributed by atoms with Crippen molar-refractivity contribution in [2.24, 2.45) is 0 Å². The van der Waals surface area contributed by atoms with Crippen LogP contribution in [0.5, 0.6) is 5.75 Å². The van der Waals surface area contributed by atoms with E-state index in [0.717, 1.165) is 34.3 Å². The summed E-state index contributed by atoms with van der Waals surface area (Å²) >= 11 is 6.33. The summed E-state index contributed by atoms with van der Waals surface area (Å²) in [6.45, 7) is -0.411. The van der Waals surface area contributed by atoms with Crippen molar-refractivity contribution in [3.63, 3.8) is 0 Å². The fraction of sp³-hybridized carbons (Fsp3) is 0.348. The number of anilines is 1. The predicted octanol–water partition coefficient (Wildman–Crippen LogP) is 4.52. The maximum Gasteiger partial charge on any atom is 0.419 e. The van der Waals surface area contributed by atoms with E-state index in [9.17, 15) is 27.2 Å². The lowest BCUT2D eigenvalue weighted by Crippen LogP contribution is -2.52. The maximum absolute atomic E-state index is 14.4. The standard InChI is InChI=1S/C23H19ClF4N4O3/c1-35-14-4-5-17(16(25)9-14)31-7-6-30(11-18(31)33)22(34)19-20(24)32-10-13(12-2-3-12)8-15(21(32)29-19)23(26,27)28/h4-5,8-10,12H,2-3,6-7,11H2,1H3. The number of fused-ring (bicyclic) bond motifs is 1. The van der Waals surface area contributed by atoms with Crippen molar-refractivity contribution in [2.45, 2.75) is 24.9 Å². The van der Waals surface area contributed by atoms with Gasteiger partial charge in [0.05, 0.1) is 18.4 Å². The number of piperazine rings is 1. The number of rotatable bonds is 4. The van der Waals surface area contributed by atoms with Crippen LogP contribution in [0.15, 0.2) is 30.5 Å². The number of aromatic nitrogens is 2. The molecule has 184 valence electrons. The fourth-order valence-electron chi connectivity index (χ4n) is 4.21. The van der Waals surface area contributed by atoms with Crippen LogP contribution >= 0.6 is 11.6 Å². The average Bonchev–Trinajstić information content (AvgIpc) is 3.61. The summed E-state index contributed by atoms with van der Waals surface area (Å²) < 4.78 is 61.7. The van der Waals surface area contributed by atoms with Gasteiger partial charge in [-0.2, -0.15) is 13.2 Å². The number of pyridine rings is 1. The van der Waals surface area contributed by atoms with Gasteiger partial charge >= 0.3 is 6.18 Å². The monoisotopic (exact) mass is 510 g/mol. The molecule has 0 spiro atoms. The van der Waals surface area contributed by atoms with Gasteiger partial charge in [0.15, 0.2) is 17.2 Å². The van der Waals surface area contributed by atoms with E-state index in [4.69, 9.17) is 16.3 Å². The van der Waals surface area contributed by atoms with E-state index in [0.29, 0.717) is 5.56 Å². The third-order valence-corrected chi connectivity index (χ3v) is 6.55. The number of alkyl halides is 3. The fourth-order valence-corrected chi connectivity index (χ4v) is 4.46. The van der Waals surface area contributed by atoms with Crippen LogP contribution in [-0.4, -0.2) is 52.8 Å². The molecule has 3 aromatic rings. The minimum absolute atomic E-state index is 0.0136. The summed E-state index contributed by atoms with van der Waals surface area (Å²) in [6.07, 6.45) is -1.65. The molecule has 1 saturated carbocycles. The largest absolute Gasteiger partial charge is 0.497 e. The number of carbonyl (C=O) groups is 2. The molecular weight excluding hydrogens is 492 g/mol. The van der Waals surface area contributed by atoms with Crippen LogP contribution in [0.1, 0.15) is 40.4 Å². The molecule has 1 aliphatic heterocycles. The van der Waals surface area contributed by atoms with Crippen molar-refractivity contribution in [2.75, 3.05) is 31.6 Å². The SMILES string of the molecule is COc1ccc(N2CCN(C(=O)c3nc4c(C(F)(F)F)cc(C5CC5)cn4c3Cl)CC2=O)c(F)c1. The number of halogens is 5. The molecule has 0 N–H and O–H groups in total. The smallest absolute Gasteiger partial charge is 0.419 e. The molecule has 0 radical (unpaired) electrons. The van der Waals surface area contributed by atoms with E-state index in [1.807, 2.05) is 0 Å². The highest BCUT2D eigenvalue weighted by Crippen LogP contribution is 2.43. The number of hydrogen-bond acceptors (Lipinski definition) is 4. The first-order valence-electron chi connectivity index (χ1n) is 10.8. The Morgan fingerprint density at radius 2 is 1.94 bits per heavy atom. The summed E-state index contributed by atoms with van der Waals surface area (Å²) in [5.41, 5.74) is -1.30. The predicted molar refractivity (Wildman–Crippen MR) is 118 cm³/mol. The van der Waals surface area contributed by atoms with Gasteiger partial charge in [0.2, 0.25) is 5.91 Å². The molecule has 0 atom stereocenters. The number of imidazole rings is 1. The van der Waals surface area contributed by atoms with Gasteiger partial charge in [-0.15, -0.1) is 0 Å². The van der Waals surface area contributed by atoms with Crippen LogP contribution in [0, 0.1) is 5.82 Å². The Hall–Kier alpha value is -3.34. The molecule has 2 aromatic heterocycles. The first kappa shape index (κ1) is 23.4. The first-order chi connectivity index (χ1) is 16.6. The highest BCUT2D eigenvalue weighted by Gasteiger charge is 2.39. The van der Waals surface area contributed by atoms with Crippen molar-refractivity contribution in [1.29, 1.82) is 0 Å². The normalized spacial score (nSPS) is 16.8. The Kier molecular flexibility index (Phi) is 5.62. The zero-order valence-corrected chi connectivity index (χ0v) is 19.2. The number of carbonyl (C=O) groups excluding carboxylic acids is 2. The second-order valence-electron chi connectivity index (χ2n) is 8.49. The van der Waals surface area contributed by atoms with Crippen molar-refractivity contribution < 1.29 is 31.9 Å². The lowest BCUT2D eigenvalue weighted by Gasteiger charge is -2.34. The summed E-state index contributed by atoms with van der Waals surface area (Å²) in [4.78, 5) is 32.2. The zero-order chi connectivity index (χ0) is 25.1. The van der Waals surface area contributed by atoms with Crippen molar-refractivity contribution in [3.8, 4) is 5.75 Å². The van der Waals surface area contributed by atoms with E-state index in [2.05, 4.69) is 4.98 Å². The first-order valence-corrected chi connectivity index (χ1v) is 11.2. The second-order valence-corrected chi connectivity index (χ2v) is 8.85. The van der Waals surface area contributed by atoms with Crippen LogP contribution in [0.3, 0.4) is 0 Å². The molecular formula is C23H19ClF4N4O3. The summed E-state index contributed by atoms with van der Waals surface area (Å²) in [5, 5.41) is -0.255. The van der Waals surface area contributed by atoms with E-state index in [1.54, 1.807) is 0 Å². The molecule has 2 amide bonds. The van der Waals surface area contributed by atoms with Crippen LogP contribution in [0.25, 0.3) is 5.65 Å². The summed E-state index contributed by atoms with van der Waals surface area (Å²) in [7, 11) is 1.39. The second kappa shape index (κ2) is 8.40. The molecule has 2 fully saturated rings. The van der Waals surface area contributed by atoms with Gasteiger partial charge in [0, 0.05) is 25.4 Å². The number of methoxy groups -OCH3 is 1. The molecule has 5 rings (SSSR count).